The summed E-state index contributed by atoms with van der Waals surface area (Å²) in [5.41, 5.74) is 10.7. The first-order valence-electron chi connectivity index (χ1n) is 7.11. The molecule has 114 valence electrons. The van der Waals surface area contributed by atoms with E-state index in [4.69, 9.17) is 5.53 Å². The molecule has 0 heterocycles. The number of allylic oxidation sites excluding steroid dienone is 1. The van der Waals surface area contributed by atoms with E-state index in [1.54, 1.807) is 0 Å². The second-order valence-corrected chi connectivity index (χ2v) is 12.6. The van der Waals surface area contributed by atoms with E-state index in [0.29, 0.717) is 11.6 Å². The van der Waals surface area contributed by atoms with Gasteiger partial charge in [-0.1, -0.05) is 90.4 Å². The van der Waals surface area contributed by atoms with Gasteiger partial charge in [0.2, 0.25) is 0 Å². The molecule has 0 spiro atoms. The van der Waals surface area contributed by atoms with Crippen molar-refractivity contribution in [1.29, 1.82) is 0 Å². The first-order valence-corrected chi connectivity index (χ1v) is 11.2. The first kappa shape index (κ1) is 18.0. The minimum Gasteiger partial charge on any atom is -0.0899 e. The normalized spacial score (nSPS) is 13.0. The van der Waals surface area contributed by atoms with E-state index in [1.807, 2.05) is 6.08 Å². The summed E-state index contributed by atoms with van der Waals surface area (Å²) >= 11 is 3.50. The summed E-state index contributed by atoms with van der Waals surface area (Å²) in [6.45, 7) is 12.2. The van der Waals surface area contributed by atoms with Crippen LogP contribution in [0, 0.1) is 0 Å². The second-order valence-electron chi connectivity index (χ2n) is 6.73. The van der Waals surface area contributed by atoms with E-state index < -0.39 is 8.07 Å². The van der Waals surface area contributed by atoms with Crippen LogP contribution in [0.2, 0.25) is 18.1 Å². The maximum atomic E-state index is 8.35. The maximum Gasteiger partial charge on any atom is 0.0859 e. The van der Waals surface area contributed by atoms with Crippen LogP contribution in [-0.2, 0) is 0 Å². The van der Waals surface area contributed by atoms with E-state index in [-0.39, 0.29) is 0 Å². The van der Waals surface area contributed by atoms with Gasteiger partial charge in [-0.15, -0.1) is 0 Å². The molecular weight excluding hydrogens is 342 g/mol. The quantitative estimate of drug-likeness (QED) is 0.217. The lowest BCUT2D eigenvalue weighted by Crippen LogP contribution is -2.49. The van der Waals surface area contributed by atoms with Gasteiger partial charge < -0.3 is 0 Å². The van der Waals surface area contributed by atoms with E-state index >= 15 is 0 Å². The topological polar surface area (TPSA) is 48.8 Å². The highest BCUT2D eigenvalue weighted by molar-refractivity contribution is 9.09. The van der Waals surface area contributed by atoms with Gasteiger partial charge in [0.25, 0.3) is 0 Å². The highest BCUT2D eigenvalue weighted by Crippen LogP contribution is 2.35. The summed E-state index contributed by atoms with van der Waals surface area (Å²) in [5, 5.41) is 6.13. The fourth-order valence-electron chi connectivity index (χ4n) is 1.97. The molecule has 0 bridgehead atoms. The predicted molar refractivity (Wildman–Crippen MR) is 99.1 cm³/mol. The molecule has 0 fully saturated rings. The van der Waals surface area contributed by atoms with Crippen LogP contribution in [0.4, 0.5) is 0 Å². The summed E-state index contributed by atoms with van der Waals surface area (Å²) in [6.07, 6.45) is 1.97. The largest absolute Gasteiger partial charge is 0.0899 e. The average molecular weight is 366 g/mol. The molecule has 21 heavy (non-hydrogen) atoms. The highest BCUT2D eigenvalue weighted by Gasteiger charge is 2.36. The van der Waals surface area contributed by atoms with Crippen LogP contribution in [0.5, 0.6) is 0 Å². The summed E-state index contributed by atoms with van der Waals surface area (Å²) in [5.74, 6) is 0. The Bertz CT molecular complexity index is 550. The Labute approximate surface area is 137 Å². The zero-order valence-electron chi connectivity index (χ0n) is 13.5. The van der Waals surface area contributed by atoms with Crippen LogP contribution in [0.15, 0.2) is 35.5 Å². The molecule has 0 atom stereocenters. The van der Waals surface area contributed by atoms with Gasteiger partial charge in [0, 0.05) is 16.8 Å². The molecule has 0 radical (unpaired) electrons. The number of alkyl halides is 1. The van der Waals surface area contributed by atoms with Gasteiger partial charge in [-0.25, -0.2) is 0 Å². The number of hydrogen-bond donors (Lipinski definition) is 0. The Morgan fingerprint density at radius 3 is 2.29 bits per heavy atom. The Kier molecular flexibility index (Phi) is 6.26. The van der Waals surface area contributed by atoms with Crippen molar-refractivity contribution in [3.05, 3.63) is 46.3 Å². The van der Waals surface area contributed by atoms with Gasteiger partial charge in [-0.05, 0) is 21.7 Å². The third-order valence-corrected chi connectivity index (χ3v) is 10.6. The molecule has 1 aromatic rings. The molecule has 0 aliphatic heterocycles. The van der Waals surface area contributed by atoms with Crippen molar-refractivity contribution in [2.24, 2.45) is 5.11 Å². The summed E-state index contributed by atoms with van der Waals surface area (Å²) in [4.78, 5) is 2.78. The number of nitrogens with zero attached hydrogens (tertiary/aromatic N) is 3. The third-order valence-electron chi connectivity index (χ3n) is 4.48. The van der Waals surface area contributed by atoms with Gasteiger partial charge in [-0.3, -0.25) is 0 Å². The van der Waals surface area contributed by atoms with Crippen LogP contribution in [0.3, 0.4) is 0 Å². The molecule has 0 aliphatic rings. The predicted octanol–water partition coefficient (Wildman–Crippen LogP) is 5.49. The number of hydrogen-bond acceptors (Lipinski definition) is 1. The molecule has 0 amide bonds. The monoisotopic (exact) mass is 365 g/mol. The molecule has 1 aromatic carbocycles. The molecule has 0 aliphatic carbocycles. The van der Waals surface area contributed by atoms with Crippen LogP contribution < -0.4 is 5.19 Å². The zero-order chi connectivity index (χ0) is 16.1. The minimum atomic E-state index is -1.48. The Balaban J connectivity index is 3.07. The maximum absolute atomic E-state index is 8.35. The number of azide groups is 1. The molecule has 0 N–H and O–H groups in total. The molecule has 5 heteroatoms. The molecule has 0 saturated carbocycles. The minimum absolute atomic E-state index is 0.337. The molecule has 0 aromatic heterocycles. The zero-order valence-corrected chi connectivity index (χ0v) is 16.1. The molecule has 0 unspecified atom stereocenters. The smallest absolute Gasteiger partial charge is 0.0859 e. The van der Waals surface area contributed by atoms with Crippen molar-refractivity contribution in [2.75, 3.05) is 11.9 Å². The van der Waals surface area contributed by atoms with Crippen molar-refractivity contribution in [2.45, 2.75) is 38.9 Å². The van der Waals surface area contributed by atoms with Gasteiger partial charge in [0.15, 0.2) is 0 Å². The van der Waals surface area contributed by atoms with Crippen molar-refractivity contribution in [3.63, 3.8) is 0 Å². The Morgan fingerprint density at radius 2 is 1.86 bits per heavy atom. The standard InChI is InChI=1S/C16H24BrN3Si/c1-16(2,3)21(4,5)15-8-6-13(7-9-15)14(12-17)10-11-19-20-18/h6-10H,11-12H2,1-5H3/b14-10+. The third kappa shape index (κ3) is 4.47. The van der Waals surface area contributed by atoms with E-state index in [2.05, 4.69) is 84.1 Å². The lowest BCUT2D eigenvalue weighted by Gasteiger charge is -2.37. The van der Waals surface area contributed by atoms with Crippen LogP contribution in [0.25, 0.3) is 16.0 Å². The summed E-state index contributed by atoms with van der Waals surface area (Å²) < 4.78 is 0. The van der Waals surface area contributed by atoms with Crippen molar-refractivity contribution in [1.82, 2.24) is 0 Å². The van der Waals surface area contributed by atoms with Crippen LogP contribution in [-0.4, -0.2) is 19.9 Å². The van der Waals surface area contributed by atoms with Crippen LogP contribution >= 0.6 is 15.9 Å². The molecule has 0 saturated heterocycles. The van der Waals surface area contributed by atoms with Gasteiger partial charge in [0.05, 0.1) is 8.07 Å². The second kappa shape index (κ2) is 7.30. The lowest BCUT2D eigenvalue weighted by atomic mass is 10.1. The summed E-state index contributed by atoms with van der Waals surface area (Å²) in [7, 11) is -1.48. The van der Waals surface area contributed by atoms with E-state index in [1.165, 1.54) is 10.8 Å². The molecular formula is C16H24BrN3Si. The molecule has 1 rings (SSSR count). The van der Waals surface area contributed by atoms with Crippen molar-refractivity contribution in [3.8, 4) is 0 Å². The van der Waals surface area contributed by atoms with E-state index in [0.717, 1.165) is 10.9 Å². The van der Waals surface area contributed by atoms with Crippen molar-refractivity contribution < 1.29 is 0 Å². The lowest BCUT2D eigenvalue weighted by molar-refractivity contribution is 0.729. The molecule has 3 nitrogen and oxygen atoms in total. The highest BCUT2D eigenvalue weighted by atomic mass is 79.9. The fraction of sp³-hybridized carbons (Fsp3) is 0.500. The first-order chi connectivity index (χ1) is 9.74. The summed E-state index contributed by atoms with van der Waals surface area (Å²) in [6, 6.07) is 8.88. The number of halogens is 1. The van der Waals surface area contributed by atoms with Crippen molar-refractivity contribution >= 4 is 34.8 Å². The van der Waals surface area contributed by atoms with Crippen LogP contribution in [0.1, 0.15) is 26.3 Å². The Morgan fingerprint density at radius 1 is 1.29 bits per heavy atom. The number of benzene rings is 1. The van der Waals surface area contributed by atoms with Gasteiger partial charge in [0.1, 0.15) is 0 Å². The fourth-order valence-corrected chi connectivity index (χ4v) is 4.39. The number of rotatable bonds is 5. The SMILES string of the molecule is CC(C)(C)[Si](C)(C)c1ccc(/C(=C/CN=[N+]=[N-])CBr)cc1. The Hall–Kier alpha value is -1.03. The average Bonchev–Trinajstić information content (AvgIpc) is 2.43. The van der Waals surface area contributed by atoms with Gasteiger partial charge in [-0.2, -0.15) is 0 Å². The van der Waals surface area contributed by atoms with Gasteiger partial charge >= 0.3 is 0 Å². The van der Waals surface area contributed by atoms with E-state index in [9.17, 15) is 0 Å².